The highest BCUT2D eigenvalue weighted by molar-refractivity contribution is 5.93. The smallest absolute Gasteiger partial charge is 0.292 e. The summed E-state index contributed by atoms with van der Waals surface area (Å²) in [6.07, 6.45) is 4.97. The third-order valence-corrected chi connectivity index (χ3v) is 5.32. The van der Waals surface area contributed by atoms with E-state index in [2.05, 4.69) is 20.3 Å². The quantitative estimate of drug-likeness (QED) is 0.519. The number of rotatable bonds is 5. The Bertz CT molecular complexity index is 1320. The van der Waals surface area contributed by atoms with Crippen LogP contribution in [0.3, 0.4) is 0 Å². The third-order valence-electron chi connectivity index (χ3n) is 5.32. The zero-order valence-electron chi connectivity index (χ0n) is 17.8. The van der Waals surface area contributed by atoms with Crippen molar-refractivity contribution >= 4 is 11.6 Å². The van der Waals surface area contributed by atoms with Crippen molar-refractivity contribution in [3.05, 3.63) is 81.7 Å². The normalized spacial score (nSPS) is 12.0. The Morgan fingerprint density at radius 3 is 2.65 bits per heavy atom. The maximum atomic E-state index is 12.7. The van der Waals surface area contributed by atoms with E-state index in [-0.39, 0.29) is 28.8 Å². The molecular formula is C23H23N5O3. The Hall–Kier alpha value is -3.94. The number of aryl methyl sites for hydroxylation is 2. The Labute approximate surface area is 178 Å². The van der Waals surface area contributed by atoms with Crippen molar-refractivity contribution in [2.75, 3.05) is 7.11 Å². The summed E-state index contributed by atoms with van der Waals surface area (Å²) >= 11 is 0. The summed E-state index contributed by atoms with van der Waals surface area (Å²) in [6.45, 7) is 5.91. The molecule has 4 aromatic rings. The van der Waals surface area contributed by atoms with Gasteiger partial charge in [0, 0.05) is 24.7 Å². The van der Waals surface area contributed by atoms with Crippen LogP contribution in [0.2, 0.25) is 0 Å². The predicted octanol–water partition coefficient (Wildman–Crippen LogP) is 3.20. The molecule has 158 valence electrons. The zero-order chi connectivity index (χ0) is 22.1. The monoisotopic (exact) mass is 417 g/mol. The lowest BCUT2D eigenvalue weighted by Gasteiger charge is -2.13. The number of ether oxygens (including phenoxy) is 1. The number of pyridine rings is 1. The average Bonchev–Trinajstić information content (AvgIpc) is 3.21. The maximum absolute atomic E-state index is 12.7. The Morgan fingerprint density at radius 1 is 1.16 bits per heavy atom. The molecule has 0 bridgehead atoms. The van der Waals surface area contributed by atoms with E-state index in [0.29, 0.717) is 11.6 Å². The number of imidazole rings is 1. The number of hydrogen-bond donors (Lipinski definition) is 2. The highest BCUT2D eigenvalue weighted by Crippen LogP contribution is 2.20. The molecule has 0 aliphatic carbocycles. The molecule has 8 nitrogen and oxygen atoms in total. The van der Waals surface area contributed by atoms with Gasteiger partial charge in [-0.25, -0.2) is 9.97 Å². The van der Waals surface area contributed by atoms with Crippen molar-refractivity contribution in [3.8, 4) is 17.1 Å². The summed E-state index contributed by atoms with van der Waals surface area (Å²) in [5.41, 5.74) is 4.65. The van der Waals surface area contributed by atoms with E-state index < -0.39 is 0 Å². The van der Waals surface area contributed by atoms with Crippen LogP contribution >= 0.6 is 0 Å². The van der Waals surface area contributed by atoms with Gasteiger partial charge in [0.15, 0.2) is 0 Å². The van der Waals surface area contributed by atoms with Crippen molar-refractivity contribution < 1.29 is 9.53 Å². The van der Waals surface area contributed by atoms with Gasteiger partial charge in [0.1, 0.15) is 5.69 Å². The summed E-state index contributed by atoms with van der Waals surface area (Å²) in [6, 6.07) is 9.25. The number of fused-ring (bicyclic) bond motifs is 1. The fraction of sp³-hybridized carbons (Fsp3) is 0.217. The number of carbonyl (C=O) groups is 1. The summed E-state index contributed by atoms with van der Waals surface area (Å²) in [5, 5.41) is 2.88. The molecule has 0 aliphatic heterocycles. The second-order valence-corrected chi connectivity index (χ2v) is 7.48. The van der Waals surface area contributed by atoms with E-state index in [1.165, 1.54) is 5.56 Å². The van der Waals surface area contributed by atoms with Crippen molar-refractivity contribution in [2.45, 2.75) is 26.8 Å². The minimum absolute atomic E-state index is 0.163. The minimum atomic E-state index is -0.376. The van der Waals surface area contributed by atoms with Crippen molar-refractivity contribution in [2.24, 2.45) is 0 Å². The number of nitrogens with zero attached hydrogens (tertiary/aromatic N) is 3. The first-order valence-electron chi connectivity index (χ1n) is 9.86. The summed E-state index contributed by atoms with van der Waals surface area (Å²) in [7, 11) is 1.55. The molecule has 0 radical (unpaired) electrons. The van der Waals surface area contributed by atoms with Crippen LogP contribution < -0.4 is 15.6 Å². The van der Waals surface area contributed by atoms with Crippen LogP contribution in [0.4, 0.5) is 0 Å². The Morgan fingerprint density at radius 2 is 1.97 bits per heavy atom. The standard InChI is InChI=1S/C23H23N5O3/c1-13-5-6-16(9-14(13)2)18-11-28-12-19(26-21(28)23(30)27-18)22(29)25-15(3)17-7-8-20(31-4)24-10-17/h5-12,15H,1-4H3,(H,25,29)(H,27,30). The van der Waals surface area contributed by atoms with Gasteiger partial charge in [-0.05, 0) is 49.1 Å². The van der Waals surface area contributed by atoms with Gasteiger partial charge in [0.2, 0.25) is 11.5 Å². The van der Waals surface area contributed by atoms with Gasteiger partial charge in [0.05, 0.1) is 18.8 Å². The SMILES string of the molecule is COc1ccc(C(C)NC(=O)c2cn3cc(-c4ccc(C)c(C)c4)[nH]c(=O)c3n2)cn1. The third kappa shape index (κ3) is 4.05. The molecule has 1 unspecified atom stereocenters. The Kier molecular flexibility index (Phi) is 5.29. The van der Waals surface area contributed by atoms with Gasteiger partial charge in [-0.3, -0.25) is 14.0 Å². The van der Waals surface area contributed by atoms with Gasteiger partial charge in [-0.2, -0.15) is 0 Å². The molecule has 0 saturated carbocycles. The molecule has 1 atom stereocenters. The number of carbonyl (C=O) groups excluding carboxylic acids is 1. The molecular weight excluding hydrogens is 394 g/mol. The molecule has 0 fully saturated rings. The van der Waals surface area contributed by atoms with Gasteiger partial charge in [0.25, 0.3) is 11.5 Å². The van der Waals surface area contributed by atoms with Crippen molar-refractivity contribution in [3.63, 3.8) is 0 Å². The van der Waals surface area contributed by atoms with Crippen LogP contribution in [0, 0.1) is 13.8 Å². The number of methoxy groups -OCH3 is 1. The largest absolute Gasteiger partial charge is 0.481 e. The molecule has 1 aromatic carbocycles. The fourth-order valence-corrected chi connectivity index (χ4v) is 3.30. The second-order valence-electron chi connectivity index (χ2n) is 7.48. The molecule has 31 heavy (non-hydrogen) atoms. The molecule has 4 rings (SSSR count). The molecule has 0 spiro atoms. The van der Waals surface area contributed by atoms with E-state index in [1.807, 2.05) is 45.0 Å². The summed E-state index contributed by atoms with van der Waals surface area (Å²) in [4.78, 5) is 36.5. The number of benzene rings is 1. The lowest BCUT2D eigenvalue weighted by atomic mass is 10.0. The first-order chi connectivity index (χ1) is 14.9. The van der Waals surface area contributed by atoms with E-state index in [1.54, 1.807) is 36.2 Å². The first-order valence-corrected chi connectivity index (χ1v) is 9.86. The van der Waals surface area contributed by atoms with Gasteiger partial charge in [-0.1, -0.05) is 18.2 Å². The van der Waals surface area contributed by atoms with Crippen molar-refractivity contribution in [1.29, 1.82) is 0 Å². The number of amides is 1. The van der Waals surface area contributed by atoms with Crippen LogP contribution in [0.1, 0.15) is 40.1 Å². The number of aromatic amines is 1. The van der Waals surface area contributed by atoms with E-state index in [9.17, 15) is 9.59 Å². The predicted molar refractivity (Wildman–Crippen MR) is 117 cm³/mol. The molecule has 0 saturated heterocycles. The van der Waals surface area contributed by atoms with E-state index in [4.69, 9.17) is 4.74 Å². The molecule has 3 heterocycles. The number of aromatic nitrogens is 4. The number of hydrogen-bond acceptors (Lipinski definition) is 5. The zero-order valence-corrected chi connectivity index (χ0v) is 17.8. The van der Waals surface area contributed by atoms with Gasteiger partial charge >= 0.3 is 0 Å². The van der Waals surface area contributed by atoms with Crippen LogP contribution in [-0.4, -0.2) is 32.4 Å². The molecule has 3 aromatic heterocycles. The lowest BCUT2D eigenvalue weighted by molar-refractivity contribution is 0.0935. The highest BCUT2D eigenvalue weighted by Gasteiger charge is 2.17. The number of H-pyrrole nitrogens is 1. The lowest BCUT2D eigenvalue weighted by Crippen LogP contribution is -2.27. The molecule has 2 N–H and O–H groups in total. The minimum Gasteiger partial charge on any atom is -0.481 e. The van der Waals surface area contributed by atoms with Crippen molar-refractivity contribution in [1.82, 2.24) is 24.7 Å². The fourth-order valence-electron chi connectivity index (χ4n) is 3.30. The van der Waals surface area contributed by atoms with Gasteiger partial charge < -0.3 is 15.0 Å². The van der Waals surface area contributed by atoms with E-state index >= 15 is 0 Å². The average molecular weight is 417 g/mol. The van der Waals surface area contributed by atoms with Crippen LogP contribution in [0.15, 0.2) is 53.7 Å². The Balaban J connectivity index is 1.60. The summed E-state index contributed by atoms with van der Waals surface area (Å²) in [5.74, 6) is 0.126. The van der Waals surface area contributed by atoms with E-state index in [0.717, 1.165) is 16.7 Å². The molecule has 8 heteroatoms. The maximum Gasteiger partial charge on any atom is 0.292 e. The first kappa shape index (κ1) is 20.3. The van der Waals surface area contributed by atoms with Crippen LogP contribution in [-0.2, 0) is 0 Å². The van der Waals surface area contributed by atoms with Crippen LogP contribution in [0.25, 0.3) is 16.9 Å². The molecule has 1 amide bonds. The van der Waals surface area contributed by atoms with Gasteiger partial charge in [-0.15, -0.1) is 0 Å². The molecule has 0 aliphatic rings. The second kappa shape index (κ2) is 8.06. The van der Waals surface area contributed by atoms with Crippen LogP contribution in [0.5, 0.6) is 5.88 Å². The number of nitrogens with one attached hydrogen (secondary N) is 2. The summed E-state index contributed by atoms with van der Waals surface area (Å²) < 4.78 is 6.64. The topological polar surface area (TPSA) is 101 Å². The highest BCUT2D eigenvalue weighted by atomic mass is 16.5.